The molecule has 0 fully saturated rings. The van der Waals surface area contributed by atoms with Gasteiger partial charge < -0.3 is 20.3 Å². The lowest BCUT2D eigenvalue weighted by Crippen LogP contribution is -2.37. The first-order valence-corrected chi connectivity index (χ1v) is 12.7. The van der Waals surface area contributed by atoms with Gasteiger partial charge in [0.15, 0.2) is 0 Å². The van der Waals surface area contributed by atoms with E-state index in [0.717, 1.165) is 36.0 Å². The van der Waals surface area contributed by atoms with Gasteiger partial charge in [-0.3, -0.25) is 0 Å². The summed E-state index contributed by atoms with van der Waals surface area (Å²) in [6.45, 7) is 0.475. The second kappa shape index (κ2) is 12.5. The zero-order valence-electron chi connectivity index (χ0n) is 20.6. The highest BCUT2D eigenvalue weighted by Crippen LogP contribution is 2.31. The molecule has 0 amide bonds. The van der Waals surface area contributed by atoms with Crippen molar-refractivity contribution in [1.29, 1.82) is 0 Å². The Morgan fingerprint density at radius 3 is 2.45 bits per heavy atom. The van der Waals surface area contributed by atoms with E-state index in [2.05, 4.69) is 23.5 Å². The predicted molar refractivity (Wildman–Crippen MR) is 153 cm³/mol. The van der Waals surface area contributed by atoms with Crippen LogP contribution in [0.15, 0.2) is 91.0 Å². The van der Waals surface area contributed by atoms with Gasteiger partial charge in [-0.05, 0) is 89.5 Å². The summed E-state index contributed by atoms with van der Waals surface area (Å²) in [5.41, 5.74) is 5.79. The molecule has 0 aliphatic heterocycles. The van der Waals surface area contributed by atoms with E-state index in [9.17, 15) is 15.0 Å². The van der Waals surface area contributed by atoms with Gasteiger partial charge in [0.2, 0.25) is 0 Å². The standard InChI is InChI=1S/C31H28ClNO4.ClH/c32-26-7-1-5-23(15-26)30(34)19-33-27-13-12-20-10-11-22(14-25(20)16-27)21-4-2-8-28(17-21)37-29-9-3-6-24(18-29)31(35)36;/h1-11,14-15,17-18,27,30,33-34H,12-13,16,19H2,(H,35,36);1H/t27-,30-;/m0./s1. The molecule has 0 heterocycles. The summed E-state index contributed by atoms with van der Waals surface area (Å²) < 4.78 is 5.95. The normalized spacial score (nSPS) is 15.2. The summed E-state index contributed by atoms with van der Waals surface area (Å²) in [5.74, 6) is 0.142. The molecule has 3 N–H and O–H groups in total. The number of carboxylic acids is 1. The average molecular weight is 550 g/mol. The lowest BCUT2D eigenvalue weighted by molar-refractivity contribution is 0.0696. The lowest BCUT2D eigenvalue weighted by Gasteiger charge is -2.27. The maximum Gasteiger partial charge on any atom is 0.335 e. The number of rotatable bonds is 8. The van der Waals surface area contributed by atoms with E-state index < -0.39 is 12.1 Å². The Labute approximate surface area is 233 Å². The molecule has 2 atom stereocenters. The van der Waals surface area contributed by atoms with Gasteiger partial charge in [-0.25, -0.2) is 4.79 Å². The second-order valence-electron chi connectivity index (χ2n) is 9.37. The molecular weight excluding hydrogens is 521 g/mol. The van der Waals surface area contributed by atoms with Crippen LogP contribution in [0.25, 0.3) is 11.1 Å². The Kier molecular flexibility index (Phi) is 9.08. The average Bonchev–Trinajstić information content (AvgIpc) is 2.91. The summed E-state index contributed by atoms with van der Waals surface area (Å²) in [4.78, 5) is 11.3. The van der Waals surface area contributed by atoms with Crippen molar-refractivity contribution in [3.05, 3.63) is 118 Å². The quantitative estimate of drug-likeness (QED) is 0.218. The SMILES string of the molecule is Cl.O=C(O)c1cccc(Oc2cccc(-c3ccc4c(c3)C[C@@H](NC[C@H](O)c3cccc(Cl)c3)CC4)c2)c1. The first-order chi connectivity index (χ1) is 17.9. The van der Waals surface area contributed by atoms with E-state index in [1.807, 2.05) is 36.4 Å². The van der Waals surface area contributed by atoms with Crippen molar-refractivity contribution < 1.29 is 19.7 Å². The summed E-state index contributed by atoms with van der Waals surface area (Å²) >= 11 is 6.07. The van der Waals surface area contributed by atoms with E-state index in [1.54, 1.807) is 30.3 Å². The number of carboxylic acid groups (broad SMARTS) is 1. The molecule has 7 heteroatoms. The van der Waals surface area contributed by atoms with Crippen molar-refractivity contribution in [2.75, 3.05) is 6.54 Å². The van der Waals surface area contributed by atoms with Crippen molar-refractivity contribution in [2.45, 2.75) is 31.4 Å². The molecule has 1 aliphatic rings. The Morgan fingerprint density at radius 1 is 0.921 bits per heavy atom. The molecule has 5 nitrogen and oxygen atoms in total. The van der Waals surface area contributed by atoms with Crippen molar-refractivity contribution in [3.8, 4) is 22.6 Å². The highest BCUT2D eigenvalue weighted by atomic mass is 35.5. The third-order valence-electron chi connectivity index (χ3n) is 6.75. The van der Waals surface area contributed by atoms with Gasteiger partial charge in [-0.1, -0.05) is 60.1 Å². The minimum Gasteiger partial charge on any atom is -0.478 e. The van der Waals surface area contributed by atoms with Crippen LogP contribution in [0.1, 0.15) is 39.6 Å². The van der Waals surface area contributed by atoms with Gasteiger partial charge in [0.25, 0.3) is 0 Å². The topological polar surface area (TPSA) is 78.8 Å². The molecule has 0 saturated carbocycles. The maximum atomic E-state index is 11.3. The number of fused-ring (bicyclic) bond motifs is 1. The molecule has 0 bridgehead atoms. The van der Waals surface area contributed by atoms with Crippen molar-refractivity contribution in [3.63, 3.8) is 0 Å². The lowest BCUT2D eigenvalue weighted by atomic mass is 9.86. The fourth-order valence-electron chi connectivity index (χ4n) is 4.79. The van der Waals surface area contributed by atoms with Gasteiger partial charge in [0, 0.05) is 17.6 Å². The van der Waals surface area contributed by atoms with Gasteiger partial charge in [0.05, 0.1) is 11.7 Å². The zero-order valence-corrected chi connectivity index (χ0v) is 22.2. The number of nitrogens with one attached hydrogen (secondary N) is 1. The van der Waals surface area contributed by atoms with Crippen LogP contribution in [0.4, 0.5) is 0 Å². The monoisotopic (exact) mass is 549 g/mol. The molecule has 4 aromatic carbocycles. The van der Waals surface area contributed by atoms with Crippen LogP contribution < -0.4 is 10.1 Å². The Morgan fingerprint density at radius 2 is 1.66 bits per heavy atom. The first-order valence-electron chi connectivity index (χ1n) is 12.3. The van der Waals surface area contributed by atoms with Crippen LogP contribution in [0.3, 0.4) is 0 Å². The number of hydrogen-bond donors (Lipinski definition) is 3. The minimum absolute atomic E-state index is 0. The van der Waals surface area contributed by atoms with E-state index in [1.165, 1.54) is 17.2 Å². The van der Waals surface area contributed by atoms with Crippen LogP contribution in [0, 0.1) is 0 Å². The van der Waals surface area contributed by atoms with E-state index in [-0.39, 0.29) is 24.0 Å². The summed E-state index contributed by atoms with van der Waals surface area (Å²) in [6.07, 6.45) is 2.30. The van der Waals surface area contributed by atoms with Crippen LogP contribution >= 0.6 is 24.0 Å². The molecule has 0 radical (unpaired) electrons. The van der Waals surface area contributed by atoms with Crippen LogP contribution in [-0.4, -0.2) is 28.8 Å². The second-order valence-corrected chi connectivity index (χ2v) is 9.80. The Bertz CT molecular complexity index is 1420. The summed E-state index contributed by atoms with van der Waals surface area (Å²) in [6, 6.07) is 28.5. The molecule has 0 aromatic heterocycles. The third-order valence-corrected chi connectivity index (χ3v) is 6.99. The van der Waals surface area contributed by atoms with E-state index in [4.69, 9.17) is 16.3 Å². The number of aryl methyl sites for hydroxylation is 1. The zero-order chi connectivity index (χ0) is 25.8. The molecule has 4 aromatic rings. The number of halogens is 2. The highest BCUT2D eigenvalue weighted by Gasteiger charge is 2.20. The number of ether oxygens (including phenoxy) is 1. The smallest absolute Gasteiger partial charge is 0.335 e. The predicted octanol–water partition coefficient (Wildman–Crippen LogP) is 7.10. The van der Waals surface area contributed by atoms with Gasteiger partial charge >= 0.3 is 5.97 Å². The minimum atomic E-state index is -0.986. The maximum absolute atomic E-state index is 11.3. The molecule has 0 spiro atoms. The largest absolute Gasteiger partial charge is 0.478 e. The molecule has 38 heavy (non-hydrogen) atoms. The van der Waals surface area contributed by atoms with Crippen molar-refractivity contribution in [2.24, 2.45) is 0 Å². The molecule has 0 saturated heterocycles. The van der Waals surface area contributed by atoms with Crippen molar-refractivity contribution in [1.82, 2.24) is 5.32 Å². The number of aliphatic hydroxyl groups excluding tert-OH is 1. The summed E-state index contributed by atoms with van der Waals surface area (Å²) in [7, 11) is 0. The molecule has 196 valence electrons. The molecule has 0 unspecified atom stereocenters. The van der Waals surface area contributed by atoms with Crippen molar-refractivity contribution >= 4 is 30.0 Å². The van der Waals surface area contributed by atoms with Gasteiger partial charge in [0.1, 0.15) is 11.5 Å². The molecule has 1 aliphatic carbocycles. The van der Waals surface area contributed by atoms with E-state index >= 15 is 0 Å². The number of aliphatic hydroxyl groups is 1. The number of benzene rings is 4. The van der Waals surface area contributed by atoms with Crippen LogP contribution in [0.5, 0.6) is 11.5 Å². The molecule has 5 rings (SSSR count). The number of hydrogen-bond acceptors (Lipinski definition) is 4. The summed E-state index contributed by atoms with van der Waals surface area (Å²) in [5, 5.41) is 24.0. The Hall–Kier alpha value is -3.35. The van der Waals surface area contributed by atoms with Crippen LogP contribution in [0.2, 0.25) is 5.02 Å². The third kappa shape index (κ3) is 6.74. The fraction of sp³-hybridized carbons (Fsp3) is 0.194. The Balaban J connectivity index is 0.00000336. The van der Waals surface area contributed by atoms with E-state index in [0.29, 0.717) is 23.1 Å². The number of carbonyl (C=O) groups is 1. The first kappa shape index (κ1) is 27.7. The van der Waals surface area contributed by atoms with Gasteiger partial charge in [-0.2, -0.15) is 0 Å². The highest BCUT2D eigenvalue weighted by molar-refractivity contribution is 6.30. The van der Waals surface area contributed by atoms with Gasteiger partial charge in [-0.15, -0.1) is 12.4 Å². The molecular formula is C31H29Cl2NO4. The number of aromatic carboxylic acids is 1. The fourth-order valence-corrected chi connectivity index (χ4v) is 4.99. The van der Waals surface area contributed by atoms with Crippen LogP contribution in [-0.2, 0) is 12.8 Å².